The second-order valence-electron chi connectivity index (χ2n) is 3.95. The normalized spacial score (nSPS) is 9.50. The van der Waals surface area contributed by atoms with Crippen LogP contribution in [0.2, 0.25) is 0 Å². The fraction of sp³-hybridized carbons (Fsp3) is 0.417. The van der Waals surface area contributed by atoms with Crippen LogP contribution in [0.4, 0.5) is 17.6 Å². The number of esters is 1. The fourth-order valence-electron chi connectivity index (χ4n) is 0.944. The van der Waals surface area contributed by atoms with E-state index in [-0.39, 0.29) is 13.0 Å². The molecule has 1 heterocycles. The summed E-state index contributed by atoms with van der Waals surface area (Å²) in [6, 6.07) is 0.714. The number of amides is 2. The molecule has 10 nitrogen and oxygen atoms in total. The van der Waals surface area contributed by atoms with E-state index in [1.807, 2.05) is 0 Å². The number of H-pyrrole nitrogens is 1. The Morgan fingerprint density at radius 3 is 1.96 bits per heavy atom. The first-order chi connectivity index (χ1) is 11.9. The number of primary amides is 2. The number of aromatic amines is 1. The fourth-order valence-corrected chi connectivity index (χ4v) is 0.944. The van der Waals surface area contributed by atoms with E-state index in [1.165, 1.54) is 6.92 Å². The molecule has 0 unspecified atom stereocenters. The SMILES string of the molecule is CCOC(=O)C(F)F.NC(=O)CC(N)=O.O=c1cc(O)nc(C(F)F)[nH]1. The molecular weight excluding hydrogens is 372 g/mol. The molecular formula is C12H16F4N4O6. The van der Waals surface area contributed by atoms with Crippen LogP contribution in [-0.2, 0) is 19.1 Å². The van der Waals surface area contributed by atoms with E-state index in [0.29, 0.717) is 6.07 Å². The molecule has 14 heteroatoms. The minimum absolute atomic E-state index is 0.00315. The Labute approximate surface area is 143 Å². The average molecular weight is 388 g/mol. The lowest BCUT2D eigenvalue weighted by atomic mass is 10.4. The molecule has 0 radical (unpaired) electrons. The van der Waals surface area contributed by atoms with Gasteiger partial charge in [0, 0.05) is 0 Å². The Balaban J connectivity index is 0. The first-order valence-electron chi connectivity index (χ1n) is 6.50. The van der Waals surface area contributed by atoms with Crippen molar-refractivity contribution in [2.45, 2.75) is 26.2 Å². The monoisotopic (exact) mass is 388 g/mol. The topological polar surface area (TPSA) is 178 Å². The molecule has 1 aromatic heterocycles. The summed E-state index contributed by atoms with van der Waals surface area (Å²) in [4.78, 5) is 44.4. The van der Waals surface area contributed by atoms with E-state index in [0.717, 1.165) is 0 Å². The molecule has 0 spiro atoms. The molecule has 1 rings (SSSR count). The van der Waals surface area contributed by atoms with Crippen LogP contribution in [0.3, 0.4) is 0 Å². The molecule has 0 bridgehead atoms. The van der Waals surface area contributed by atoms with Crippen molar-refractivity contribution in [2.24, 2.45) is 11.5 Å². The lowest BCUT2D eigenvalue weighted by Gasteiger charge is -1.96. The predicted octanol–water partition coefficient (Wildman–Crippen LogP) is -0.425. The van der Waals surface area contributed by atoms with E-state index < -0.39 is 47.9 Å². The molecule has 0 saturated carbocycles. The van der Waals surface area contributed by atoms with Gasteiger partial charge in [-0.15, -0.1) is 0 Å². The van der Waals surface area contributed by atoms with E-state index in [2.05, 4.69) is 21.2 Å². The van der Waals surface area contributed by atoms with E-state index >= 15 is 0 Å². The summed E-state index contributed by atoms with van der Waals surface area (Å²) in [5, 5.41) is 8.58. The van der Waals surface area contributed by atoms with Crippen LogP contribution in [0.15, 0.2) is 10.9 Å². The molecule has 0 fully saturated rings. The minimum atomic E-state index is -2.99. The quantitative estimate of drug-likeness (QED) is 0.300. The molecule has 1 aromatic rings. The molecule has 0 aromatic carbocycles. The van der Waals surface area contributed by atoms with Crippen LogP contribution in [0.1, 0.15) is 25.6 Å². The molecule has 2 amide bonds. The Bertz CT molecular complexity index is 641. The zero-order chi connectivity index (χ0) is 20.9. The number of aromatic hydroxyl groups is 1. The summed E-state index contributed by atoms with van der Waals surface area (Å²) in [6.07, 6.45) is -6.23. The maximum absolute atomic E-state index is 11.8. The highest BCUT2D eigenvalue weighted by molar-refractivity contribution is 5.95. The van der Waals surface area contributed by atoms with E-state index in [9.17, 15) is 36.7 Å². The maximum Gasteiger partial charge on any atom is 0.373 e. The van der Waals surface area contributed by atoms with Crippen LogP contribution in [0.5, 0.6) is 5.88 Å². The van der Waals surface area contributed by atoms with Crippen LogP contribution in [-0.4, -0.2) is 45.9 Å². The number of hydrogen-bond donors (Lipinski definition) is 4. The highest BCUT2D eigenvalue weighted by Gasteiger charge is 2.14. The largest absolute Gasteiger partial charge is 0.493 e. The van der Waals surface area contributed by atoms with Gasteiger partial charge in [-0.05, 0) is 6.92 Å². The zero-order valence-electron chi connectivity index (χ0n) is 13.2. The van der Waals surface area contributed by atoms with Crippen molar-refractivity contribution in [3.8, 4) is 5.88 Å². The number of aromatic nitrogens is 2. The first kappa shape index (κ1) is 25.1. The van der Waals surface area contributed by atoms with Gasteiger partial charge in [0.1, 0.15) is 6.42 Å². The number of nitrogens with two attached hydrogens (primary N) is 2. The number of rotatable bonds is 5. The summed E-state index contributed by atoms with van der Waals surface area (Å²) >= 11 is 0. The van der Waals surface area contributed by atoms with Gasteiger partial charge in [-0.3, -0.25) is 14.4 Å². The zero-order valence-corrected chi connectivity index (χ0v) is 13.2. The predicted molar refractivity (Wildman–Crippen MR) is 77.1 cm³/mol. The van der Waals surface area contributed by atoms with Gasteiger partial charge in [0.2, 0.25) is 17.7 Å². The molecule has 6 N–H and O–H groups in total. The number of halogens is 4. The molecule has 0 aliphatic heterocycles. The van der Waals surface area contributed by atoms with Crippen molar-refractivity contribution < 1.29 is 41.8 Å². The van der Waals surface area contributed by atoms with Gasteiger partial charge in [-0.2, -0.15) is 13.8 Å². The summed E-state index contributed by atoms with van der Waals surface area (Å²) in [5.41, 5.74) is 8.31. The van der Waals surface area contributed by atoms with Gasteiger partial charge in [0.15, 0.2) is 5.82 Å². The van der Waals surface area contributed by atoms with Crippen molar-refractivity contribution in [2.75, 3.05) is 6.61 Å². The Morgan fingerprint density at radius 2 is 1.73 bits per heavy atom. The lowest BCUT2D eigenvalue weighted by molar-refractivity contribution is -0.155. The molecule has 26 heavy (non-hydrogen) atoms. The highest BCUT2D eigenvalue weighted by Crippen LogP contribution is 2.13. The lowest BCUT2D eigenvalue weighted by Crippen LogP contribution is -2.21. The van der Waals surface area contributed by atoms with Gasteiger partial charge in [-0.1, -0.05) is 0 Å². The number of nitrogens with zero attached hydrogens (tertiary/aromatic N) is 1. The molecule has 0 aliphatic carbocycles. The number of alkyl halides is 4. The third-order valence-electron chi connectivity index (χ3n) is 1.77. The molecule has 0 aliphatic rings. The second kappa shape index (κ2) is 13.1. The van der Waals surface area contributed by atoms with E-state index in [1.54, 1.807) is 4.98 Å². The van der Waals surface area contributed by atoms with Gasteiger partial charge >= 0.3 is 12.4 Å². The van der Waals surface area contributed by atoms with Gasteiger partial charge < -0.3 is 26.3 Å². The highest BCUT2D eigenvalue weighted by atomic mass is 19.3. The Kier molecular flexibility index (Phi) is 12.7. The standard InChI is InChI=1S/C5H4F2N2O2.C4H6F2O2.C3H6N2O2/c6-4(7)5-8-2(10)1-3(11)9-5;1-2-8-4(7)3(5)6;4-2(6)1-3(5)7/h1,4H,(H2,8,9,10,11);3H,2H2,1H3;1H2,(H2,4,6)(H2,5,7). The van der Waals surface area contributed by atoms with Crippen LogP contribution in [0.25, 0.3) is 0 Å². The van der Waals surface area contributed by atoms with Crippen LogP contribution < -0.4 is 17.0 Å². The summed E-state index contributed by atoms with van der Waals surface area (Å²) in [6.45, 7) is 1.48. The Morgan fingerprint density at radius 1 is 1.23 bits per heavy atom. The van der Waals surface area contributed by atoms with Crippen LogP contribution in [0, 0.1) is 0 Å². The summed E-state index contributed by atoms with van der Waals surface area (Å²) in [5.74, 6) is -4.36. The summed E-state index contributed by atoms with van der Waals surface area (Å²) < 4.78 is 49.8. The van der Waals surface area contributed by atoms with Crippen molar-refractivity contribution in [3.05, 3.63) is 22.2 Å². The third-order valence-corrected chi connectivity index (χ3v) is 1.77. The second-order valence-corrected chi connectivity index (χ2v) is 3.95. The van der Waals surface area contributed by atoms with E-state index in [4.69, 9.17) is 5.11 Å². The summed E-state index contributed by atoms with van der Waals surface area (Å²) in [7, 11) is 0. The number of carbonyl (C=O) groups excluding carboxylic acids is 3. The number of hydrogen-bond acceptors (Lipinski definition) is 7. The number of ether oxygens (including phenoxy) is 1. The average Bonchev–Trinajstić information content (AvgIpc) is 2.46. The van der Waals surface area contributed by atoms with Crippen molar-refractivity contribution >= 4 is 17.8 Å². The first-order valence-corrected chi connectivity index (χ1v) is 6.50. The molecule has 0 saturated heterocycles. The third kappa shape index (κ3) is 14.4. The number of carbonyl (C=O) groups is 3. The minimum Gasteiger partial charge on any atom is -0.493 e. The maximum atomic E-state index is 11.8. The molecule has 0 atom stereocenters. The Hall–Kier alpha value is -3.19. The van der Waals surface area contributed by atoms with Crippen molar-refractivity contribution in [1.82, 2.24) is 9.97 Å². The molecule has 148 valence electrons. The van der Waals surface area contributed by atoms with Gasteiger partial charge in [-0.25, -0.2) is 13.6 Å². The van der Waals surface area contributed by atoms with Crippen molar-refractivity contribution in [3.63, 3.8) is 0 Å². The van der Waals surface area contributed by atoms with Crippen molar-refractivity contribution in [1.29, 1.82) is 0 Å². The van der Waals surface area contributed by atoms with Crippen LogP contribution >= 0.6 is 0 Å². The number of nitrogens with one attached hydrogen (secondary N) is 1. The van der Waals surface area contributed by atoms with Gasteiger partial charge in [0.05, 0.1) is 12.7 Å². The smallest absolute Gasteiger partial charge is 0.373 e. The van der Waals surface area contributed by atoms with Gasteiger partial charge in [0.25, 0.3) is 12.0 Å².